The van der Waals surface area contributed by atoms with Gasteiger partial charge in [0.1, 0.15) is 12.2 Å². The van der Waals surface area contributed by atoms with Gasteiger partial charge < -0.3 is 24.2 Å². The number of thioether (sulfide) groups is 1. The number of rotatable bonds is 10. The van der Waals surface area contributed by atoms with Crippen LogP contribution in [0.2, 0.25) is 0 Å². The summed E-state index contributed by atoms with van der Waals surface area (Å²) in [6.07, 6.45) is 0.969. The lowest BCUT2D eigenvalue weighted by molar-refractivity contribution is -0.171. The number of anilines is 1. The van der Waals surface area contributed by atoms with E-state index in [-0.39, 0.29) is 49.7 Å². The molecule has 4 unspecified atom stereocenters. The second kappa shape index (κ2) is 10.2. The molecule has 0 spiro atoms. The van der Waals surface area contributed by atoms with Crippen LogP contribution in [0, 0.1) is 0 Å². The summed E-state index contributed by atoms with van der Waals surface area (Å²) in [6, 6.07) is 0.331. The first-order chi connectivity index (χ1) is 16.2. The van der Waals surface area contributed by atoms with Crippen molar-refractivity contribution in [2.45, 2.75) is 109 Å². The predicted octanol–water partition coefficient (Wildman–Crippen LogP) is 3.19. The van der Waals surface area contributed by atoms with Crippen molar-refractivity contribution >= 4 is 28.7 Å². The van der Waals surface area contributed by atoms with E-state index in [1.54, 1.807) is 11.8 Å². The molecular formula is C23H38N6O4S. The van der Waals surface area contributed by atoms with Gasteiger partial charge in [0.2, 0.25) is 0 Å². The molecule has 1 saturated heterocycles. The molecule has 0 bridgehead atoms. The SMILES string of the molecule is CCCSc1nc(N(C(C)C)C(C)C)c2nnn(C3CC(OCCO)C4OC(C)(C)OC43)c2n1. The lowest BCUT2D eigenvalue weighted by atomic mass is 10.2. The van der Waals surface area contributed by atoms with Gasteiger partial charge >= 0.3 is 0 Å². The molecule has 34 heavy (non-hydrogen) atoms. The van der Waals surface area contributed by atoms with E-state index >= 15 is 0 Å². The van der Waals surface area contributed by atoms with E-state index in [0.717, 1.165) is 23.1 Å². The van der Waals surface area contributed by atoms with Gasteiger partial charge in [-0.1, -0.05) is 23.9 Å². The van der Waals surface area contributed by atoms with Crippen LogP contribution in [0.15, 0.2) is 5.16 Å². The number of nitrogens with zero attached hydrogens (tertiary/aromatic N) is 6. The van der Waals surface area contributed by atoms with Gasteiger partial charge in [0.15, 0.2) is 27.9 Å². The van der Waals surface area contributed by atoms with Gasteiger partial charge in [-0.25, -0.2) is 14.6 Å². The van der Waals surface area contributed by atoms with Crippen LogP contribution in [-0.4, -0.2) is 85.2 Å². The molecule has 2 aliphatic rings. The van der Waals surface area contributed by atoms with E-state index in [2.05, 4.69) is 49.8 Å². The Morgan fingerprint density at radius 2 is 1.88 bits per heavy atom. The molecule has 2 fully saturated rings. The van der Waals surface area contributed by atoms with Crippen LogP contribution in [0.25, 0.3) is 11.2 Å². The van der Waals surface area contributed by atoms with Gasteiger partial charge in [-0.3, -0.25) is 0 Å². The molecule has 11 heteroatoms. The maximum absolute atomic E-state index is 9.29. The number of aliphatic hydroxyl groups excluding tert-OH is 1. The number of aromatic nitrogens is 5. The van der Waals surface area contributed by atoms with Crippen LogP contribution in [0.3, 0.4) is 0 Å². The smallest absolute Gasteiger partial charge is 0.191 e. The molecule has 4 rings (SSSR count). The summed E-state index contributed by atoms with van der Waals surface area (Å²) in [5, 5.41) is 19.2. The van der Waals surface area contributed by atoms with Crippen LogP contribution in [0.5, 0.6) is 0 Å². The largest absolute Gasteiger partial charge is 0.394 e. The zero-order valence-electron chi connectivity index (χ0n) is 21.3. The van der Waals surface area contributed by atoms with E-state index in [9.17, 15) is 5.11 Å². The van der Waals surface area contributed by atoms with Crippen molar-refractivity contribution in [2.75, 3.05) is 23.9 Å². The van der Waals surface area contributed by atoms with Gasteiger partial charge in [-0.15, -0.1) is 5.10 Å². The highest BCUT2D eigenvalue weighted by atomic mass is 32.2. The average molecular weight is 495 g/mol. The Morgan fingerprint density at radius 1 is 1.18 bits per heavy atom. The molecule has 0 radical (unpaired) electrons. The summed E-state index contributed by atoms with van der Waals surface area (Å²) in [5.41, 5.74) is 1.40. The summed E-state index contributed by atoms with van der Waals surface area (Å²) >= 11 is 1.65. The van der Waals surface area contributed by atoms with Crippen molar-refractivity contribution in [2.24, 2.45) is 0 Å². The average Bonchev–Trinajstić information content (AvgIpc) is 3.41. The van der Waals surface area contributed by atoms with Crippen LogP contribution >= 0.6 is 11.8 Å². The van der Waals surface area contributed by atoms with E-state index in [4.69, 9.17) is 24.2 Å². The van der Waals surface area contributed by atoms with Crippen LogP contribution in [-0.2, 0) is 14.2 Å². The quantitative estimate of drug-likeness (QED) is 0.391. The maximum atomic E-state index is 9.29. The zero-order chi connectivity index (χ0) is 24.6. The number of fused-ring (bicyclic) bond motifs is 2. The fourth-order valence-electron chi connectivity index (χ4n) is 5.06. The lowest BCUT2D eigenvalue weighted by Gasteiger charge is -2.32. The first-order valence-corrected chi connectivity index (χ1v) is 13.3. The normalized spacial score (nSPS) is 26.2. The summed E-state index contributed by atoms with van der Waals surface area (Å²) in [5.74, 6) is 1.03. The molecule has 2 aromatic rings. The Balaban J connectivity index is 1.79. The molecule has 10 nitrogen and oxygen atoms in total. The second-order valence-electron chi connectivity index (χ2n) is 9.98. The van der Waals surface area contributed by atoms with Crippen LogP contribution in [0.4, 0.5) is 5.82 Å². The third kappa shape index (κ3) is 4.90. The summed E-state index contributed by atoms with van der Waals surface area (Å²) in [6.45, 7) is 14.8. The molecule has 1 saturated carbocycles. The fraction of sp³-hybridized carbons (Fsp3) is 0.826. The molecule has 4 atom stereocenters. The Hall–Kier alpha value is -1.53. The Kier molecular flexibility index (Phi) is 7.68. The lowest BCUT2D eigenvalue weighted by Crippen LogP contribution is -2.38. The molecule has 190 valence electrons. The van der Waals surface area contributed by atoms with E-state index in [0.29, 0.717) is 17.6 Å². The summed E-state index contributed by atoms with van der Waals surface area (Å²) in [7, 11) is 0. The van der Waals surface area contributed by atoms with E-state index in [1.807, 2.05) is 18.5 Å². The molecule has 1 aliphatic heterocycles. The molecule has 1 aliphatic carbocycles. The summed E-state index contributed by atoms with van der Waals surface area (Å²) in [4.78, 5) is 12.1. The third-order valence-corrected chi connectivity index (χ3v) is 7.25. The van der Waals surface area contributed by atoms with Gasteiger partial charge in [-0.05, 0) is 48.0 Å². The first kappa shape index (κ1) is 25.6. The number of aliphatic hydroxyl groups is 1. The number of hydrogen-bond acceptors (Lipinski definition) is 10. The minimum Gasteiger partial charge on any atom is -0.394 e. The minimum absolute atomic E-state index is 0.0378. The molecule has 0 aromatic carbocycles. The van der Waals surface area contributed by atoms with Crippen molar-refractivity contribution < 1.29 is 19.3 Å². The predicted molar refractivity (Wildman–Crippen MR) is 131 cm³/mol. The first-order valence-electron chi connectivity index (χ1n) is 12.3. The van der Waals surface area contributed by atoms with Crippen molar-refractivity contribution in [3.05, 3.63) is 0 Å². The van der Waals surface area contributed by atoms with Crippen LogP contribution < -0.4 is 4.90 Å². The number of hydrogen-bond donors (Lipinski definition) is 1. The van der Waals surface area contributed by atoms with Crippen molar-refractivity contribution in [3.8, 4) is 0 Å². The van der Waals surface area contributed by atoms with Crippen LogP contribution in [0.1, 0.15) is 67.3 Å². The van der Waals surface area contributed by atoms with Crippen molar-refractivity contribution in [1.29, 1.82) is 0 Å². The second-order valence-corrected chi connectivity index (χ2v) is 11.0. The highest BCUT2D eigenvalue weighted by molar-refractivity contribution is 7.99. The fourth-order valence-corrected chi connectivity index (χ4v) is 5.75. The zero-order valence-corrected chi connectivity index (χ0v) is 22.1. The molecule has 2 aromatic heterocycles. The highest BCUT2D eigenvalue weighted by Gasteiger charge is 2.56. The highest BCUT2D eigenvalue weighted by Crippen LogP contribution is 2.45. The summed E-state index contributed by atoms with van der Waals surface area (Å²) < 4.78 is 20.3. The Bertz CT molecular complexity index is 976. The standard InChI is InChI=1S/C23H38N6O4S/c1-8-11-34-22-24-20(28(13(2)3)14(4)5)17-21(25-22)29(27-26-17)15-12-16(31-10-9-30)19-18(15)32-23(6,7)33-19/h13-16,18-19,30H,8-12H2,1-7H3. The van der Waals surface area contributed by atoms with Crippen molar-refractivity contribution in [1.82, 2.24) is 25.0 Å². The van der Waals surface area contributed by atoms with Crippen molar-refractivity contribution in [3.63, 3.8) is 0 Å². The Morgan fingerprint density at radius 3 is 2.53 bits per heavy atom. The Labute approximate surface area is 205 Å². The third-order valence-electron chi connectivity index (χ3n) is 6.20. The molecular weight excluding hydrogens is 456 g/mol. The van der Waals surface area contributed by atoms with Gasteiger partial charge in [0.05, 0.1) is 25.4 Å². The monoisotopic (exact) mass is 494 g/mol. The maximum Gasteiger partial charge on any atom is 0.191 e. The van der Waals surface area contributed by atoms with Gasteiger partial charge in [-0.2, -0.15) is 0 Å². The van der Waals surface area contributed by atoms with Gasteiger partial charge in [0.25, 0.3) is 0 Å². The van der Waals surface area contributed by atoms with E-state index in [1.165, 1.54) is 0 Å². The topological polar surface area (TPSA) is 108 Å². The van der Waals surface area contributed by atoms with E-state index < -0.39 is 5.79 Å². The minimum atomic E-state index is -0.723. The number of ether oxygens (including phenoxy) is 3. The molecule has 0 amide bonds. The molecule has 1 N–H and O–H groups in total. The molecule has 3 heterocycles. The van der Waals surface area contributed by atoms with Gasteiger partial charge in [0, 0.05) is 24.3 Å².